The number of carbonyl (C=O) groups excluding carboxylic acids is 2. The first-order chi connectivity index (χ1) is 12.1. The van der Waals surface area contributed by atoms with E-state index in [1.54, 1.807) is 4.90 Å². The van der Waals surface area contributed by atoms with Crippen molar-refractivity contribution in [3.05, 3.63) is 35.4 Å². The van der Waals surface area contributed by atoms with Gasteiger partial charge < -0.3 is 14.5 Å². The summed E-state index contributed by atoms with van der Waals surface area (Å²) in [4.78, 5) is 31.3. The topological polar surface area (TPSA) is 53.1 Å². The molecule has 2 saturated heterocycles. The van der Waals surface area contributed by atoms with E-state index in [1.165, 1.54) is 0 Å². The smallest absolute Gasteiger partial charge is 0.254 e. The normalized spacial score (nSPS) is 27.0. The Labute approximate surface area is 148 Å². The van der Waals surface area contributed by atoms with Crippen molar-refractivity contribution in [2.24, 2.45) is 5.92 Å². The molecule has 3 aliphatic rings. The largest absolute Gasteiger partial charge is 0.379 e. The van der Waals surface area contributed by atoms with Crippen molar-refractivity contribution >= 4 is 11.8 Å². The number of likely N-dealkylation sites (tertiary alicyclic amines) is 1. The van der Waals surface area contributed by atoms with Gasteiger partial charge in [0.2, 0.25) is 5.91 Å². The minimum absolute atomic E-state index is 0.0269. The number of benzene rings is 1. The number of fused-ring (bicyclic) bond motifs is 1. The lowest BCUT2D eigenvalue weighted by atomic mass is 10.0. The van der Waals surface area contributed by atoms with Crippen LogP contribution in [0.25, 0.3) is 0 Å². The quantitative estimate of drug-likeness (QED) is 0.815. The van der Waals surface area contributed by atoms with Crippen LogP contribution in [-0.2, 0) is 16.1 Å². The van der Waals surface area contributed by atoms with Crippen LogP contribution in [0.15, 0.2) is 24.3 Å². The molecule has 3 heterocycles. The fraction of sp³-hybridized carbons (Fsp3) is 0.579. The van der Waals surface area contributed by atoms with Gasteiger partial charge in [0.05, 0.1) is 13.2 Å². The number of nitrogens with zero attached hydrogens (tertiary/aromatic N) is 3. The van der Waals surface area contributed by atoms with Gasteiger partial charge in [0.25, 0.3) is 5.91 Å². The predicted molar refractivity (Wildman–Crippen MR) is 93.1 cm³/mol. The van der Waals surface area contributed by atoms with Crippen molar-refractivity contribution in [2.45, 2.75) is 19.5 Å². The average Bonchev–Trinajstić information content (AvgIpc) is 3.17. The summed E-state index contributed by atoms with van der Waals surface area (Å²) in [5, 5.41) is 0. The van der Waals surface area contributed by atoms with Crippen LogP contribution in [0.2, 0.25) is 0 Å². The molecule has 2 fully saturated rings. The summed E-state index contributed by atoms with van der Waals surface area (Å²) in [6.45, 7) is 7.89. The highest BCUT2D eigenvalue weighted by Gasteiger charge is 2.38. The fourth-order valence-electron chi connectivity index (χ4n) is 4.24. The molecule has 0 aromatic heterocycles. The van der Waals surface area contributed by atoms with E-state index in [0.29, 0.717) is 18.5 Å². The highest BCUT2D eigenvalue weighted by molar-refractivity contribution is 6.00. The first-order valence-corrected chi connectivity index (χ1v) is 9.10. The molecule has 0 unspecified atom stereocenters. The molecule has 3 aliphatic heterocycles. The molecule has 4 rings (SSSR count). The van der Waals surface area contributed by atoms with Gasteiger partial charge in [0.15, 0.2) is 0 Å². The minimum Gasteiger partial charge on any atom is -0.379 e. The zero-order valence-electron chi connectivity index (χ0n) is 14.7. The number of hydrogen-bond acceptors (Lipinski definition) is 4. The maximum absolute atomic E-state index is 12.8. The average molecular weight is 343 g/mol. The van der Waals surface area contributed by atoms with Gasteiger partial charge in [-0.15, -0.1) is 0 Å². The van der Waals surface area contributed by atoms with Crippen molar-refractivity contribution < 1.29 is 14.3 Å². The molecule has 2 atom stereocenters. The molecule has 0 N–H and O–H groups in total. The van der Waals surface area contributed by atoms with Gasteiger partial charge in [0, 0.05) is 44.3 Å². The monoisotopic (exact) mass is 343 g/mol. The van der Waals surface area contributed by atoms with Crippen molar-refractivity contribution in [3.63, 3.8) is 0 Å². The number of amides is 2. The number of ether oxygens (including phenoxy) is 1. The van der Waals surface area contributed by atoms with Crippen LogP contribution in [0, 0.1) is 5.92 Å². The van der Waals surface area contributed by atoms with Crippen LogP contribution in [0.3, 0.4) is 0 Å². The summed E-state index contributed by atoms with van der Waals surface area (Å²) in [7, 11) is 0. The highest BCUT2D eigenvalue weighted by atomic mass is 16.5. The predicted octanol–water partition coefficient (Wildman–Crippen LogP) is 0.822. The van der Waals surface area contributed by atoms with Gasteiger partial charge in [-0.05, 0) is 17.5 Å². The van der Waals surface area contributed by atoms with Crippen molar-refractivity contribution in [3.8, 4) is 0 Å². The van der Waals surface area contributed by atoms with Gasteiger partial charge in [-0.1, -0.05) is 25.1 Å². The molecule has 0 saturated carbocycles. The summed E-state index contributed by atoms with van der Waals surface area (Å²) < 4.78 is 5.43. The highest BCUT2D eigenvalue weighted by Crippen LogP contribution is 2.25. The van der Waals surface area contributed by atoms with Crippen LogP contribution in [-0.4, -0.2) is 78.5 Å². The number of morpholine rings is 1. The summed E-state index contributed by atoms with van der Waals surface area (Å²) in [6.07, 6.45) is 0. The molecule has 0 bridgehead atoms. The molecule has 25 heavy (non-hydrogen) atoms. The van der Waals surface area contributed by atoms with Gasteiger partial charge in [-0.25, -0.2) is 0 Å². The minimum atomic E-state index is -0.0269. The van der Waals surface area contributed by atoms with Gasteiger partial charge in [-0.2, -0.15) is 0 Å². The fourth-order valence-corrected chi connectivity index (χ4v) is 4.24. The lowest BCUT2D eigenvalue weighted by Gasteiger charge is -2.34. The Hall–Kier alpha value is -1.92. The van der Waals surface area contributed by atoms with E-state index in [0.717, 1.165) is 50.5 Å². The van der Waals surface area contributed by atoms with Crippen molar-refractivity contribution in [1.82, 2.24) is 14.7 Å². The summed E-state index contributed by atoms with van der Waals surface area (Å²) in [6, 6.07) is 8.02. The molecule has 6 nitrogen and oxygen atoms in total. The Morgan fingerprint density at radius 3 is 2.72 bits per heavy atom. The number of carbonyl (C=O) groups is 2. The molecule has 2 amide bonds. The SMILES string of the molecule is C[C@@H]1CN(C(=O)CN2Cc3ccccc3C2=O)C[C@@H]1N1CCOCC1. The van der Waals surface area contributed by atoms with E-state index in [9.17, 15) is 9.59 Å². The van der Waals surface area contributed by atoms with E-state index in [4.69, 9.17) is 4.74 Å². The van der Waals surface area contributed by atoms with Gasteiger partial charge in [0.1, 0.15) is 6.54 Å². The molecule has 1 aromatic rings. The number of hydrogen-bond donors (Lipinski definition) is 0. The zero-order chi connectivity index (χ0) is 17.4. The van der Waals surface area contributed by atoms with E-state index >= 15 is 0 Å². The first kappa shape index (κ1) is 16.5. The van der Waals surface area contributed by atoms with Crippen molar-refractivity contribution in [1.29, 1.82) is 0 Å². The molecular formula is C19H25N3O3. The van der Waals surface area contributed by atoms with Crippen LogP contribution in [0.4, 0.5) is 0 Å². The standard InChI is InChI=1S/C19H25N3O3/c1-14-10-21(12-17(14)20-6-8-25-9-7-20)18(23)13-22-11-15-4-2-3-5-16(15)19(22)24/h2-5,14,17H,6-13H2,1H3/t14-,17+/m1/s1. The second-order valence-corrected chi connectivity index (χ2v) is 7.31. The molecular weight excluding hydrogens is 318 g/mol. The van der Waals surface area contributed by atoms with Gasteiger partial charge >= 0.3 is 0 Å². The molecule has 0 spiro atoms. The number of rotatable bonds is 3. The van der Waals surface area contributed by atoms with E-state index in [1.807, 2.05) is 29.2 Å². The Bertz CT molecular complexity index is 672. The lowest BCUT2D eigenvalue weighted by Crippen LogP contribution is -2.47. The van der Waals surface area contributed by atoms with Gasteiger partial charge in [-0.3, -0.25) is 14.5 Å². The van der Waals surface area contributed by atoms with Crippen LogP contribution in [0.1, 0.15) is 22.8 Å². The van der Waals surface area contributed by atoms with Crippen LogP contribution in [0.5, 0.6) is 0 Å². The third kappa shape index (κ3) is 3.16. The lowest BCUT2D eigenvalue weighted by molar-refractivity contribution is -0.131. The van der Waals surface area contributed by atoms with Crippen LogP contribution >= 0.6 is 0 Å². The third-order valence-electron chi connectivity index (χ3n) is 5.66. The summed E-state index contributed by atoms with van der Waals surface area (Å²) >= 11 is 0. The molecule has 1 aromatic carbocycles. The van der Waals surface area contributed by atoms with E-state index in [-0.39, 0.29) is 18.4 Å². The summed E-state index contributed by atoms with van der Waals surface area (Å²) in [5.41, 5.74) is 1.75. The molecule has 0 radical (unpaired) electrons. The zero-order valence-corrected chi connectivity index (χ0v) is 14.7. The third-order valence-corrected chi connectivity index (χ3v) is 5.66. The summed E-state index contributed by atoms with van der Waals surface area (Å²) in [5.74, 6) is 0.484. The second kappa shape index (κ2) is 6.77. The Morgan fingerprint density at radius 2 is 1.96 bits per heavy atom. The van der Waals surface area contributed by atoms with E-state index in [2.05, 4.69) is 11.8 Å². The molecule has 134 valence electrons. The Morgan fingerprint density at radius 1 is 1.20 bits per heavy atom. The Kier molecular flexibility index (Phi) is 4.48. The molecule has 0 aliphatic carbocycles. The second-order valence-electron chi connectivity index (χ2n) is 7.31. The van der Waals surface area contributed by atoms with Crippen LogP contribution < -0.4 is 0 Å². The van der Waals surface area contributed by atoms with Crippen molar-refractivity contribution in [2.75, 3.05) is 45.9 Å². The Balaban J connectivity index is 1.37. The maximum Gasteiger partial charge on any atom is 0.254 e. The molecule has 6 heteroatoms. The maximum atomic E-state index is 12.8. The first-order valence-electron chi connectivity index (χ1n) is 9.10. The van der Waals surface area contributed by atoms with E-state index < -0.39 is 0 Å².